The Morgan fingerprint density at radius 2 is 0.460 bits per heavy atom. The summed E-state index contributed by atoms with van der Waals surface area (Å²) < 4.78 is 249. The summed E-state index contributed by atoms with van der Waals surface area (Å²) in [6.45, 7) is 8.51. The van der Waals surface area contributed by atoms with Gasteiger partial charge in [0.2, 0.25) is 0 Å². The van der Waals surface area contributed by atoms with E-state index in [1.165, 1.54) is 0 Å². The molecule has 0 N–H and O–H groups in total. The SMILES string of the molecule is CCC[Si](Cl)(Cl)Cl.CCC[Si]12O[Si]3(CCC)O[Si]4(CCC)O[Si](CCC)(O1)O[Si]1(CCC(F)(F)F)O[Si](CCC(F)(F)F)(O2)O[Si](CCC(F)(F)F)(O3)O[Si](CCC(F)(F)F)(O4)O1. The molecule has 372 valence electrons. The summed E-state index contributed by atoms with van der Waals surface area (Å²) in [4.78, 5) is 0. The highest BCUT2D eigenvalue weighted by molar-refractivity contribution is 7.64. The van der Waals surface area contributed by atoms with E-state index >= 15 is 0 Å². The molecule has 0 atom stereocenters. The maximum Gasteiger partial charge on any atom is 0.479 e. The summed E-state index contributed by atoms with van der Waals surface area (Å²) in [5.74, 6) is 0. The molecule has 63 heavy (non-hydrogen) atoms. The Kier molecular flexibility index (Phi) is 18.7. The molecule has 0 spiro atoms. The van der Waals surface area contributed by atoms with Crippen molar-refractivity contribution in [2.75, 3.05) is 0 Å². The van der Waals surface area contributed by atoms with Gasteiger partial charge in [0, 0.05) is 74.0 Å². The van der Waals surface area contributed by atoms with Gasteiger partial charge in [0.1, 0.15) is 0 Å². The van der Waals surface area contributed by atoms with Gasteiger partial charge in [-0.25, -0.2) is 0 Å². The molecule has 0 aromatic carbocycles. The van der Waals surface area contributed by atoms with E-state index in [-0.39, 0.29) is 49.9 Å². The van der Waals surface area contributed by atoms with Crippen LogP contribution in [0.5, 0.6) is 0 Å². The van der Waals surface area contributed by atoms with Gasteiger partial charge in [-0.2, -0.15) is 52.7 Å². The highest BCUT2D eigenvalue weighted by Gasteiger charge is 2.83. The minimum Gasteiger partial charge on any atom is -0.373 e. The molecule has 6 aliphatic rings. The highest BCUT2D eigenvalue weighted by atomic mass is 35.8. The monoisotopic (exact) mass is 1150 g/mol. The van der Waals surface area contributed by atoms with E-state index in [4.69, 9.17) is 82.6 Å². The van der Waals surface area contributed by atoms with Crippen molar-refractivity contribution in [2.24, 2.45) is 0 Å². The van der Waals surface area contributed by atoms with Crippen LogP contribution in [-0.4, -0.2) is 101 Å². The number of hydrogen-bond acceptors (Lipinski definition) is 12. The van der Waals surface area contributed by atoms with Gasteiger partial charge in [0.05, 0.1) is 0 Å². The van der Waals surface area contributed by atoms with Gasteiger partial charge >= 0.3 is 101 Å². The van der Waals surface area contributed by atoms with E-state index in [0.717, 1.165) is 12.5 Å². The molecule has 6 fully saturated rings. The Hall–Kier alpha value is 1.50. The molecule has 36 heteroatoms. The summed E-state index contributed by atoms with van der Waals surface area (Å²) in [6.07, 6.45) is -25.9. The second kappa shape index (κ2) is 20.7. The lowest BCUT2D eigenvalue weighted by Gasteiger charge is -2.63. The minimum atomic E-state index is -5.58. The molecule has 0 unspecified atom stereocenters. The Labute approximate surface area is 381 Å². The van der Waals surface area contributed by atoms with E-state index < -0.39 is 151 Å². The molecular weight excluding hydrogens is 1100 g/mol. The first-order valence-corrected chi connectivity index (χ1v) is 41.1. The van der Waals surface area contributed by atoms with Crippen LogP contribution in [0.3, 0.4) is 0 Å². The van der Waals surface area contributed by atoms with Gasteiger partial charge in [0.25, 0.3) is 0 Å². The molecule has 6 saturated heterocycles. The van der Waals surface area contributed by atoms with Crippen molar-refractivity contribution in [3.63, 3.8) is 0 Å². The van der Waals surface area contributed by atoms with Crippen LogP contribution in [0.25, 0.3) is 0 Å². The molecule has 0 amide bonds. The topological polar surface area (TPSA) is 111 Å². The van der Waals surface area contributed by atoms with Gasteiger partial charge in [0.15, 0.2) is 0 Å². The lowest BCUT2D eigenvalue weighted by molar-refractivity contribution is -0.136. The molecule has 0 aromatic rings. The number of rotatable bonds is 18. The third kappa shape index (κ3) is 16.3. The zero-order chi connectivity index (χ0) is 47.7. The lowest BCUT2D eigenvalue weighted by Crippen LogP contribution is -2.88. The smallest absolute Gasteiger partial charge is 0.373 e. The van der Waals surface area contributed by atoms with E-state index in [2.05, 4.69) is 0 Å². The average molecular weight is 1150 g/mol. The third-order valence-electron chi connectivity index (χ3n) is 9.35. The first-order valence-electron chi connectivity index (χ1n) is 20.4. The fourth-order valence-corrected chi connectivity index (χ4v) is 59.9. The standard InChI is InChI=1S/C24H44F12O12Si8.C3H7Cl3Si/c1-5-13-49-37-50(14-6-2)39-52(16-8-4)40-51(38-49,15-7-3)43-55(19-11-23(31,32)33)46-53(41-49,17-9-21(25,26)27)45-54(42-50,18-10-22(28,29)30)47-56(44-52,48-55)20-12-24(34,35)36;1-2-3-7(4,5)6/h5-20H2,1-4H3;2-3H2,1H3. The zero-order valence-corrected chi connectivity index (χ0v) is 46.1. The predicted molar refractivity (Wildman–Crippen MR) is 220 cm³/mol. The molecule has 0 aromatic heterocycles. The number of halogens is 15. The van der Waals surface area contributed by atoms with E-state index in [0.29, 0.717) is 0 Å². The summed E-state index contributed by atoms with van der Waals surface area (Å²) >= 11 is 16.5. The normalized spacial score (nSPS) is 37.1. The van der Waals surface area contributed by atoms with Crippen molar-refractivity contribution >= 4 is 110 Å². The van der Waals surface area contributed by atoms with Crippen molar-refractivity contribution in [1.29, 1.82) is 0 Å². The molecule has 8 bridgehead atoms. The molecule has 6 rings (SSSR count). The minimum absolute atomic E-state index is 0.130. The molecule has 6 heterocycles. The summed E-state index contributed by atoms with van der Waals surface area (Å²) in [6, 6.07) is -7.79. The molecule has 0 radical (unpaired) electrons. The molecule has 0 aliphatic carbocycles. The lowest BCUT2D eigenvalue weighted by atomic mass is 10.5. The largest absolute Gasteiger partial charge is 0.479 e. The van der Waals surface area contributed by atoms with Crippen LogP contribution < -0.4 is 0 Å². The van der Waals surface area contributed by atoms with Crippen LogP contribution in [0.15, 0.2) is 0 Å². The number of hydrogen-bond donors (Lipinski definition) is 0. The first kappa shape index (κ1) is 57.1. The van der Waals surface area contributed by atoms with E-state index in [1.807, 2.05) is 6.92 Å². The van der Waals surface area contributed by atoms with Crippen molar-refractivity contribution in [3.8, 4) is 0 Å². The number of alkyl halides is 12. The van der Waals surface area contributed by atoms with Crippen LogP contribution in [0, 0.1) is 0 Å². The maximum atomic E-state index is 14.2. The Morgan fingerprint density at radius 1 is 0.302 bits per heavy atom. The predicted octanol–water partition coefficient (Wildman–Crippen LogP) is 12.3. The van der Waals surface area contributed by atoms with Crippen LogP contribution in [0.4, 0.5) is 52.7 Å². The molecule has 6 aliphatic heterocycles. The highest BCUT2D eigenvalue weighted by Crippen LogP contribution is 2.56. The Morgan fingerprint density at radius 3 is 0.556 bits per heavy atom. The Bertz CT molecular complexity index is 1310. The Balaban J connectivity index is 0.00000115. The van der Waals surface area contributed by atoms with Crippen molar-refractivity contribution in [3.05, 3.63) is 0 Å². The fraction of sp³-hybridized carbons (Fsp3) is 1.00. The fourth-order valence-electron chi connectivity index (χ4n) is 7.26. The van der Waals surface area contributed by atoms with Crippen molar-refractivity contribution < 1.29 is 102 Å². The van der Waals surface area contributed by atoms with Gasteiger partial charge in [-0.1, -0.05) is 66.7 Å². The van der Waals surface area contributed by atoms with Crippen LogP contribution in [-0.2, 0) is 49.4 Å². The molecular formula is C27H51Cl3F12O12Si9. The van der Waals surface area contributed by atoms with Gasteiger partial charge in [-0.05, 0) is 6.04 Å². The van der Waals surface area contributed by atoms with Crippen molar-refractivity contribution in [2.45, 2.75) is 172 Å². The quantitative estimate of drug-likeness (QED) is 0.0740. The van der Waals surface area contributed by atoms with Crippen LogP contribution in [0.1, 0.15) is 92.4 Å². The van der Waals surface area contributed by atoms with Gasteiger partial charge in [-0.3, -0.25) is 0 Å². The molecule has 0 saturated carbocycles. The van der Waals surface area contributed by atoms with Crippen molar-refractivity contribution in [1.82, 2.24) is 0 Å². The summed E-state index contributed by atoms with van der Waals surface area (Å²) in [5.41, 5.74) is 0. The molecule has 12 nitrogen and oxygen atoms in total. The zero-order valence-electron chi connectivity index (χ0n) is 34.8. The second-order valence-electron chi connectivity index (χ2n) is 15.5. The summed E-state index contributed by atoms with van der Waals surface area (Å²) in [5, 5.41) is 0. The van der Waals surface area contributed by atoms with Crippen LogP contribution in [0.2, 0.25) is 54.4 Å². The second-order valence-corrected chi connectivity index (χ2v) is 49.5. The average Bonchev–Trinajstić information content (AvgIpc) is 3.04. The van der Waals surface area contributed by atoms with E-state index in [1.54, 1.807) is 27.7 Å². The summed E-state index contributed by atoms with van der Waals surface area (Å²) in [7, 11) is -41.3. The van der Waals surface area contributed by atoms with E-state index in [9.17, 15) is 52.7 Å². The maximum absolute atomic E-state index is 14.2. The third-order valence-corrected chi connectivity index (χ3v) is 49.9. The van der Waals surface area contributed by atoms with Gasteiger partial charge < -0.3 is 49.4 Å². The van der Waals surface area contributed by atoms with Crippen LogP contribution >= 0.6 is 33.2 Å². The van der Waals surface area contributed by atoms with Gasteiger partial charge in [-0.15, -0.1) is 33.2 Å². The first-order chi connectivity index (χ1) is 28.6.